The van der Waals surface area contributed by atoms with Crippen LogP contribution >= 0.6 is 11.6 Å². The maximum absolute atomic E-state index is 13.8. The smallest absolute Gasteiger partial charge is 0.430 e. The normalized spacial score (nSPS) is 15.7. The highest BCUT2D eigenvalue weighted by atomic mass is 35.5. The molecule has 1 amide bonds. The lowest BCUT2D eigenvalue weighted by Gasteiger charge is -2.30. The lowest BCUT2D eigenvalue weighted by molar-refractivity contribution is -0.190. The van der Waals surface area contributed by atoms with E-state index in [0.29, 0.717) is 24.9 Å². The van der Waals surface area contributed by atoms with Crippen LogP contribution in [0.15, 0.2) is 22.7 Å². The Bertz CT molecular complexity index is 1140. The number of carbonyl (C=O) groups is 3. The van der Waals surface area contributed by atoms with Crippen LogP contribution in [0.3, 0.4) is 0 Å². The molecule has 1 aromatic rings. The predicted octanol–water partition coefficient (Wildman–Crippen LogP) is 3.34. The molecule has 0 spiro atoms. The minimum Gasteiger partial charge on any atom is -0.475 e. The van der Waals surface area contributed by atoms with E-state index >= 15 is 0 Å². The Morgan fingerprint density at radius 2 is 1.82 bits per heavy atom. The highest BCUT2D eigenvalue weighted by Gasteiger charge is 2.49. The second-order valence-corrected chi connectivity index (χ2v) is 10.2. The van der Waals surface area contributed by atoms with Crippen LogP contribution in [-0.4, -0.2) is 55.5 Å². The molecule has 216 valence electrons. The van der Waals surface area contributed by atoms with E-state index in [1.54, 1.807) is 0 Å². The van der Waals surface area contributed by atoms with Gasteiger partial charge in [-0.3, -0.25) is 9.79 Å². The molecular weight excluding hydrogens is 545 g/mol. The number of fused-ring (bicyclic) bond motifs is 1. The summed E-state index contributed by atoms with van der Waals surface area (Å²) in [5, 5.41) is 2.69. The fourth-order valence-electron chi connectivity index (χ4n) is 3.69. The Hall–Kier alpha value is -3.48. The molecule has 39 heavy (non-hydrogen) atoms. The van der Waals surface area contributed by atoms with Crippen LogP contribution < -0.4 is 21.5 Å². The number of benzene rings is 1. The summed E-state index contributed by atoms with van der Waals surface area (Å²) in [6.07, 6.45) is -5.47. The molecule has 10 nitrogen and oxygen atoms in total. The summed E-state index contributed by atoms with van der Waals surface area (Å²) in [7, 11) is 0. The number of unbranched alkanes of at least 4 members (excludes halogenated alkanes) is 1. The van der Waals surface area contributed by atoms with Crippen molar-refractivity contribution in [1.82, 2.24) is 5.32 Å². The highest BCUT2D eigenvalue weighted by Crippen LogP contribution is 2.42. The minimum atomic E-state index is -4.95. The molecule has 1 unspecified atom stereocenters. The van der Waals surface area contributed by atoms with Crippen molar-refractivity contribution in [3.05, 3.63) is 33.9 Å². The number of rotatable bonds is 10. The van der Waals surface area contributed by atoms with Crippen LogP contribution in [0.5, 0.6) is 5.75 Å². The lowest BCUT2D eigenvalue weighted by atomic mass is 9.85. The molecule has 0 aliphatic carbocycles. The number of nitrogens with two attached hydrogens (primary N) is 2. The van der Waals surface area contributed by atoms with Crippen LogP contribution in [-0.2, 0) is 29.3 Å². The Balaban J connectivity index is 2.12. The van der Waals surface area contributed by atoms with Gasteiger partial charge in [-0.2, -0.15) is 13.2 Å². The Labute approximate surface area is 228 Å². The third kappa shape index (κ3) is 9.34. The Morgan fingerprint density at radius 1 is 1.15 bits per heavy atom. The Morgan fingerprint density at radius 3 is 2.38 bits per heavy atom. The maximum atomic E-state index is 13.8. The van der Waals surface area contributed by atoms with Gasteiger partial charge in [-0.25, -0.2) is 9.59 Å². The number of nitrogens with one attached hydrogen (secondary N) is 1. The van der Waals surface area contributed by atoms with Gasteiger partial charge in [0.05, 0.1) is 5.57 Å². The standard InChI is InChI=1S/C25H32ClF3N4O6/c1-13(34)33-18(7-5-6-8-32-23(30)31)22(36)38-12-37-21(35)15-9-14-10-17(26)16(24(2,3)4)11-19(14)39-20(15)25(27,28)29/h9-11,18,20H,5-8,12H2,1-4H3,(H,33,34)(H4,30,31,32)/t18-,20?/m0/s1. The predicted molar refractivity (Wildman–Crippen MR) is 138 cm³/mol. The summed E-state index contributed by atoms with van der Waals surface area (Å²) < 4.78 is 56.3. The van der Waals surface area contributed by atoms with Gasteiger partial charge in [0.2, 0.25) is 18.8 Å². The van der Waals surface area contributed by atoms with Gasteiger partial charge in [0.1, 0.15) is 11.8 Å². The van der Waals surface area contributed by atoms with Crippen LogP contribution in [0.4, 0.5) is 13.2 Å². The quantitative estimate of drug-likeness (QED) is 0.126. The van der Waals surface area contributed by atoms with Crippen LogP contribution in [0.1, 0.15) is 58.1 Å². The summed E-state index contributed by atoms with van der Waals surface area (Å²) in [5.41, 5.74) is 9.89. The maximum Gasteiger partial charge on any atom is 0.430 e. The fourth-order valence-corrected chi connectivity index (χ4v) is 4.14. The molecule has 0 bridgehead atoms. The third-order valence-electron chi connectivity index (χ3n) is 5.53. The number of esters is 2. The molecule has 0 fully saturated rings. The van der Waals surface area contributed by atoms with E-state index in [2.05, 4.69) is 10.3 Å². The molecule has 0 saturated carbocycles. The molecule has 1 aromatic carbocycles. The molecule has 2 atom stereocenters. The zero-order valence-electron chi connectivity index (χ0n) is 22.0. The molecule has 5 N–H and O–H groups in total. The number of carbonyl (C=O) groups excluding carboxylic acids is 3. The average molecular weight is 577 g/mol. The van der Waals surface area contributed by atoms with Crippen molar-refractivity contribution in [2.75, 3.05) is 13.3 Å². The molecule has 1 aliphatic rings. The van der Waals surface area contributed by atoms with E-state index in [4.69, 9.17) is 37.3 Å². The number of halogens is 4. The van der Waals surface area contributed by atoms with E-state index in [-0.39, 0.29) is 28.7 Å². The number of ether oxygens (including phenoxy) is 3. The van der Waals surface area contributed by atoms with Gasteiger partial charge in [0, 0.05) is 24.1 Å². The first-order chi connectivity index (χ1) is 18.0. The van der Waals surface area contributed by atoms with E-state index in [9.17, 15) is 27.6 Å². The number of guanidine groups is 1. The number of alkyl halides is 3. The molecular formula is C25H32ClF3N4O6. The van der Waals surface area contributed by atoms with E-state index in [1.165, 1.54) is 19.1 Å². The number of hydrogen-bond acceptors (Lipinski definition) is 7. The molecule has 0 aromatic heterocycles. The van der Waals surface area contributed by atoms with Gasteiger partial charge < -0.3 is 31.0 Å². The first-order valence-corrected chi connectivity index (χ1v) is 12.3. The molecule has 0 radical (unpaired) electrons. The van der Waals surface area contributed by atoms with E-state index in [0.717, 1.165) is 6.08 Å². The fraction of sp³-hybridized carbons (Fsp3) is 0.520. The SMILES string of the molecule is CC(=O)N[C@@H](CCCCN=C(N)N)C(=O)OCOC(=O)C1=Cc2cc(Cl)c(C(C)(C)C)cc2OC1C(F)(F)F. The van der Waals surface area contributed by atoms with Gasteiger partial charge >= 0.3 is 18.1 Å². The van der Waals surface area contributed by atoms with Gasteiger partial charge in [-0.05, 0) is 48.4 Å². The zero-order valence-corrected chi connectivity index (χ0v) is 22.7. The van der Waals surface area contributed by atoms with Gasteiger partial charge in [-0.15, -0.1) is 0 Å². The van der Waals surface area contributed by atoms with Crippen molar-refractivity contribution < 1.29 is 41.8 Å². The second-order valence-electron chi connectivity index (χ2n) is 9.83. The summed E-state index contributed by atoms with van der Waals surface area (Å²) >= 11 is 6.32. The number of hydrogen-bond donors (Lipinski definition) is 3. The zero-order chi connectivity index (χ0) is 29.5. The molecule has 2 rings (SSSR count). The van der Waals surface area contributed by atoms with E-state index < -0.39 is 53.9 Å². The highest BCUT2D eigenvalue weighted by molar-refractivity contribution is 6.31. The van der Waals surface area contributed by atoms with Crippen LogP contribution in [0, 0.1) is 0 Å². The monoisotopic (exact) mass is 576 g/mol. The molecule has 1 aliphatic heterocycles. The average Bonchev–Trinajstić information content (AvgIpc) is 2.79. The van der Waals surface area contributed by atoms with Gasteiger partial charge in [0.15, 0.2) is 5.96 Å². The third-order valence-corrected chi connectivity index (χ3v) is 5.84. The number of nitrogens with zero attached hydrogens (tertiary/aromatic N) is 1. The summed E-state index contributed by atoms with van der Waals surface area (Å²) in [5.74, 6) is -3.02. The minimum absolute atomic E-state index is 0.0814. The summed E-state index contributed by atoms with van der Waals surface area (Å²) in [6, 6.07) is 1.74. The largest absolute Gasteiger partial charge is 0.475 e. The topological polar surface area (TPSA) is 155 Å². The molecule has 14 heteroatoms. The first kappa shape index (κ1) is 31.7. The van der Waals surface area contributed by atoms with Crippen LogP contribution in [0.25, 0.3) is 6.08 Å². The van der Waals surface area contributed by atoms with Crippen molar-refractivity contribution in [3.63, 3.8) is 0 Å². The number of aliphatic imine (C=N–C) groups is 1. The van der Waals surface area contributed by atoms with Gasteiger partial charge in [0.25, 0.3) is 0 Å². The van der Waals surface area contributed by atoms with Crippen molar-refractivity contribution >= 4 is 41.5 Å². The number of amides is 1. The van der Waals surface area contributed by atoms with Crippen molar-refractivity contribution in [1.29, 1.82) is 0 Å². The molecule has 1 heterocycles. The lowest BCUT2D eigenvalue weighted by Crippen LogP contribution is -2.42. The summed E-state index contributed by atoms with van der Waals surface area (Å²) in [4.78, 5) is 40.3. The second kappa shape index (κ2) is 13.0. The van der Waals surface area contributed by atoms with Crippen LogP contribution in [0.2, 0.25) is 5.02 Å². The molecule has 0 saturated heterocycles. The first-order valence-electron chi connectivity index (χ1n) is 12.0. The Kier molecular flexibility index (Phi) is 10.6. The van der Waals surface area contributed by atoms with Gasteiger partial charge in [-0.1, -0.05) is 32.4 Å². The van der Waals surface area contributed by atoms with Crippen molar-refractivity contribution in [2.24, 2.45) is 16.5 Å². The van der Waals surface area contributed by atoms with Crippen molar-refractivity contribution in [3.8, 4) is 5.75 Å². The van der Waals surface area contributed by atoms with E-state index in [1.807, 2.05) is 20.8 Å². The summed E-state index contributed by atoms with van der Waals surface area (Å²) in [6.45, 7) is 6.04. The van der Waals surface area contributed by atoms with Crippen molar-refractivity contribution in [2.45, 2.75) is 70.7 Å².